The van der Waals surface area contributed by atoms with Crippen LogP contribution in [-0.4, -0.2) is 37.4 Å². The molecule has 0 aromatic heterocycles. The molecule has 6 nitrogen and oxygen atoms in total. The second-order valence-corrected chi connectivity index (χ2v) is 6.50. The molecule has 30 heavy (non-hydrogen) atoms. The van der Waals surface area contributed by atoms with Gasteiger partial charge in [-0.25, -0.2) is 9.59 Å². The van der Waals surface area contributed by atoms with E-state index < -0.39 is 12.2 Å². The van der Waals surface area contributed by atoms with Crippen LogP contribution >= 0.6 is 0 Å². The third kappa shape index (κ3) is 7.28. The molecule has 2 rings (SSSR count). The van der Waals surface area contributed by atoms with Gasteiger partial charge >= 0.3 is 11.9 Å². The monoisotopic (exact) mass is 412 g/mol. The van der Waals surface area contributed by atoms with Gasteiger partial charge in [0.1, 0.15) is 11.5 Å². The van der Waals surface area contributed by atoms with Crippen LogP contribution in [0.1, 0.15) is 38.8 Å². The van der Waals surface area contributed by atoms with Crippen LogP contribution in [0.3, 0.4) is 0 Å². The van der Waals surface area contributed by atoms with Gasteiger partial charge in [0.25, 0.3) is 0 Å². The van der Waals surface area contributed by atoms with Crippen molar-refractivity contribution in [3.63, 3.8) is 0 Å². The minimum absolute atomic E-state index is 0.327. The van der Waals surface area contributed by atoms with Crippen molar-refractivity contribution < 1.29 is 28.5 Å². The van der Waals surface area contributed by atoms with Crippen molar-refractivity contribution in [2.75, 3.05) is 13.2 Å². The Morgan fingerprint density at radius 1 is 0.700 bits per heavy atom. The van der Waals surface area contributed by atoms with Crippen LogP contribution < -0.4 is 9.47 Å². The summed E-state index contributed by atoms with van der Waals surface area (Å²) < 4.78 is 21.0. The lowest BCUT2D eigenvalue weighted by Crippen LogP contribution is -2.26. The number of benzene rings is 2. The maximum absolute atomic E-state index is 11.6. The van der Waals surface area contributed by atoms with Crippen molar-refractivity contribution in [2.24, 2.45) is 0 Å². The van der Waals surface area contributed by atoms with E-state index >= 15 is 0 Å². The van der Waals surface area contributed by atoms with E-state index in [9.17, 15) is 9.59 Å². The quantitative estimate of drug-likeness (QED) is 0.422. The summed E-state index contributed by atoms with van der Waals surface area (Å²) in [4.78, 5) is 23.3. The highest BCUT2D eigenvalue weighted by Crippen LogP contribution is 2.18. The SMILES string of the molecule is CCOC(=O)C(C)Oc1ccc(/C=C/c2ccc(OC(C)C(=O)OCC)cc2)cc1. The Balaban J connectivity index is 1.91. The lowest BCUT2D eigenvalue weighted by molar-refractivity contribution is -0.151. The van der Waals surface area contributed by atoms with Crippen LogP contribution in [0.2, 0.25) is 0 Å². The van der Waals surface area contributed by atoms with E-state index in [4.69, 9.17) is 18.9 Å². The maximum atomic E-state index is 11.6. The molecule has 0 spiro atoms. The van der Waals surface area contributed by atoms with E-state index in [1.165, 1.54) is 0 Å². The van der Waals surface area contributed by atoms with Gasteiger partial charge in [0.2, 0.25) is 0 Å². The second-order valence-electron chi connectivity index (χ2n) is 6.50. The van der Waals surface area contributed by atoms with Crippen LogP contribution in [-0.2, 0) is 19.1 Å². The van der Waals surface area contributed by atoms with Gasteiger partial charge in [0, 0.05) is 0 Å². The minimum atomic E-state index is -0.654. The average molecular weight is 412 g/mol. The summed E-state index contributed by atoms with van der Waals surface area (Å²) in [5.41, 5.74) is 1.98. The van der Waals surface area contributed by atoms with Gasteiger partial charge in [0.15, 0.2) is 12.2 Å². The molecule has 0 aliphatic heterocycles. The summed E-state index contributed by atoms with van der Waals surface area (Å²) in [5, 5.41) is 0. The Labute approximate surface area is 177 Å². The van der Waals surface area contributed by atoms with E-state index in [1.54, 1.807) is 27.7 Å². The first-order chi connectivity index (χ1) is 14.4. The Morgan fingerprint density at radius 3 is 1.33 bits per heavy atom. The topological polar surface area (TPSA) is 71.1 Å². The fourth-order valence-corrected chi connectivity index (χ4v) is 2.53. The molecule has 2 atom stereocenters. The molecule has 0 radical (unpaired) electrons. The zero-order valence-corrected chi connectivity index (χ0v) is 17.8. The lowest BCUT2D eigenvalue weighted by atomic mass is 10.1. The molecular formula is C24H28O6. The van der Waals surface area contributed by atoms with E-state index in [0.717, 1.165) is 11.1 Å². The first kappa shape index (κ1) is 23.0. The first-order valence-corrected chi connectivity index (χ1v) is 9.97. The molecule has 6 heteroatoms. The van der Waals surface area contributed by atoms with Crippen LogP contribution in [0.15, 0.2) is 48.5 Å². The molecule has 0 N–H and O–H groups in total. The van der Waals surface area contributed by atoms with Crippen molar-refractivity contribution in [1.82, 2.24) is 0 Å². The molecule has 0 saturated heterocycles. The Kier molecular flexibility index (Phi) is 8.94. The molecule has 0 saturated carbocycles. The molecule has 2 unspecified atom stereocenters. The van der Waals surface area contributed by atoms with Crippen molar-refractivity contribution >= 4 is 24.1 Å². The lowest BCUT2D eigenvalue weighted by Gasteiger charge is -2.13. The molecule has 0 bridgehead atoms. The summed E-state index contributed by atoms with van der Waals surface area (Å²) in [5.74, 6) is 0.436. The number of hydrogen-bond donors (Lipinski definition) is 0. The summed E-state index contributed by atoms with van der Waals surface area (Å²) in [7, 11) is 0. The molecule has 160 valence electrons. The number of carbonyl (C=O) groups excluding carboxylic acids is 2. The fourth-order valence-electron chi connectivity index (χ4n) is 2.53. The largest absolute Gasteiger partial charge is 0.479 e. The van der Waals surface area contributed by atoms with Crippen LogP contribution in [0.4, 0.5) is 0 Å². The van der Waals surface area contributed by atoms with E-state index in [1.807, 2.05) is 60.7 Å². The zero-order valence-electron chi connectivity index (χ0n) is 17.8. The zero-order chi connectivity index (χ0) is 21.9. The van der Waals surface area contributed by atoms with Gasteiger partial charge in [-0.1, -0.05) is 36.4 Å². The smallest absolute Gasteiger partial charge is 0.347 e. The van der Waals surface area contributed by atoms with E-state index in [-0.39, 0.29) is 11.9 Å². The highest BCUT2D eigenvalue weighted by atomic mass is 16.6. The minimum Gasteiger partial charge on any atom is -0.479 e. The Morgan fingerprint density at radius 2 is 1.03 bits per heavy atom. The fraction of sp³-hybridized carbons (Fsp3) is 0.333. The van der Waals surface area contributed by atoms with E-state index in [0.29, 0.717) is 24.7 Å². The summed E-state index contributed by atoms with van der Waals surface area (Å²) >= 11 is 0. The standard InChI is InChI=1S/C24H28O6/c1-5-27-23(25)17(3)29-21-13-9-19(10-14-21)7-8-20-11-15-22(16-12-20)30-18(4)24(26)28-6-2/h7-18H,5-6H2,1-4H3/b8-7+. The van der Waals surface area contributed by atoms with Crippen LogP contribution in [0.25, 0.3) is 12.2 Å². The number of carbonyl (C=O) groups is 2. The maximum Gasteiger partial charge on any atom is 0.347 e. The van der Waals surface area contributed by atoms with Crippen molar-refractivity contribution in [2.45, 2.75) is 39.9 Å². The molecule has 0 fully saturated rings. The molecule has 2 aromatic carbocycles. The summed E-state index contributed by atoms with van der Waals surface area (Å²) in [6, 6.07) is 14.9. The Bertz CT molecular complexity index is 768. The first-order valence-electron chi connectivity index (χ1n) is 9.97. The van der Waals surface area contributed by atoms with Crippen LogP contribution in [0.5, 0.6) is 11.5 Å². The highest BCUT2D eigenvalue weighted by molar-refractivity contribution is 5.75. The Hall–Kier alpha value is -3.28. The second kappa shape index (κ2) is 11.7. The predicted molar refractivity (Wildman–Crippen MR) is 115 cm³/mol. The summed E-state index contributed by atoms with van der Waals surface area (Å²) in [6.07, 6.45) is 2.63. The molecule has 0 heterocycles. The third-order valence-electron chi connectivity index (χ3n) is 4.09. The molecular weight excluding hydrogens is 384 g/mol. The normalized spacial score (nSPS) is 12.8. The third-order valence-corrected chi connectivity index (χ3v) is 4.09. The number of esters is 2. The number of hydrogen-bond acceptors (Lipinski definition) is 6. The van der Waals surface area contributed by atoms with Gasteiger partial charge in [-0.05, 0) is 63.1 Å². The molecule has 0 amide bonds. The van der Waals surface area contributed by atoms with Gasteiger partial charge in [0.05, 0.1) is 13.2 Å². The average Bonchev–Trinajstić information content (AvgIpc) is 2.74. The van der Waals surface area contributed by atoms with Gasteiger partial charge < -0.3 is 18.9 Å². The van der Waals surface area contributed by atoms with Gasteiger partial charge in [-0.15, -0.1) is 0 Å². The highest BCUT2D eigenvalue weighted by Gasteiger charge is 2.16. The van der Waals surface area contributed by atoms with Gasteiger partial charge in [-0.3, -0.25) is 0 Å². The van der Waals surface area contributed by atoms with Crippen molar-refractivity contribution in [1.29, 1.82) is 0 Å². The van der Waals surface area contributed by atoms with Crippen molar-refractivity contribution in [3.05, 3.63) is 59.7 Å². The number of ether oxygens (including phenoxy) is 4. The van der Waals surface area contributed by atoms with E-state index in [2.05, 4.69) is 0 Å². The predicted octanol–water partition coefficient (Wildman–Crippen LogP) is 4.52. The number of rotatable bonds is 10. The van der Waals surface area contributed by atoms with Crippen molar-refractivity contribution in [3.8, 4) is 11.5 Å². The van der Waals surface area contributed by atoms with Crippen LogP contribution in [0, 0.1) is 0 Å². The molecule has 2 aromatic rings. The summed E-state index contributed by atoms with van der Waals surface area (Å²) in [6.45, 7) is 7.49. The van der Waals surface area contributed by atoms with Gasteiger partial charge in [-0.2, -0.15) is 0 Å². The molecule has 0 aliphatic rings. The molecule has 0 aliphatic carbocycles.